The van der Waals surface area contributed by atoms with Gasteiger partial charge in [0.1, 0.15) is 0 Å². The molecule has 0 aliphatic heterocycles. The predicted octanol–water partition coefficient (Wildman–Crippen LogP) is 2.37. The van der Waals surface area contributed by atoms with Crippen LogP contribution in [-0.4, -0.2) is 22.8 Å². The van der Waals surface area contributed by atoms with Gasteiger partial charge in [-0.1, -0.05) is 25.7 Å². The minimum Gasteiger partial charge on any atom is -0.345 e. The van der Waals surface area contributed by atoms with Crippen LogP contribution in [0.2, 0.25) is 0 Å². The van der Waals surface area contributed by atoms with Crippen LogP contribution in [0.4, 0.5) is 11.4 Å². The van der Waals surface area contributed by atoms with E-state index in [0.29, 0.717) is 5.69 Å². The van der Waals surface area contributed by atoms with Crippen molar-refractivity contribution in [3.63, 3.8) is 0 Å². The summed E-state index contributed by atoms with van der Waals surface area (Å²) in [6, 6.07) is 5.40. The fourth-order valence-corrected chi connectivity index (χ4v) is 2.53. The normalized spacial score (nSPS) is 15.6. The molecule has 7 nitrogen and oxygen atoms in total. The van der Waals surface area contributed by atoms with Gasteiger partial charge in [0.05, 0.1) is 4.92 Å². The Morgan fingerprint density at radius 3 is 2.14 bits per heavy atom. The van der Waals surface area contributed by atoms with Crippen LogP contribution in [0, 0.1) is 10.1 Å². The number of amides is 2. The van der Waals surface area contributed by atoms with E-state index in [1.165, 1.54) is 37.1 Å². The highest BCUT2D eigenvalue weighted by molar-refractivity contribution is 6.39. The van der Waals surface area contributed by atoms with Crippen LogP contribution < -0.4 is 10.6 Å². The number of hydrogen-bond donors (Lipinski definition) is 2. The number of carbonyl (C=O) groups is 2. The van der Waals surface area contributed by atoms with E-state index in [1.807, 2.05) is 0 Å². The lowest BCUT2D eigenvalue weighted by atomic mass is 10.1. The Bertz CT molecular complexity index is 548. The molecule has 0 aromatic heterocycles. The highest BCUT2D eigenvalue weighted by atomic mass is 16.6. The quantitative estimate of drug-likeness (QED) is 0.387. The Morgan fingerprint density at radius 1 is 1.00 bits per heavy atom. The first-order chi connectivity index (χ1) is 10.6. The maximum atomic E-state index is 11.9. The number of anilines is 1. The Balaban J connectivity index is 1.87. The first-order valence-electron chi connectivity index (χ1n) is 7.42. The van der Waals surface area contributed by atoms with Crippen LogP contribution in [0.15, 0.2) is 24.3 Å². The van der Waals surface area contributed by atoms with E-state index in [0.717, 1.165) is 25.7 Å². The maximum Gasteiger partial charge on any atom is 0.313 e. The smallest absolute Gasteiger partial charge is 0.313 e. The summed E-state index contributed by atoms with van der Waals surface area (Å²) in [6.07, 6.45) is 6.26. The molecule has 22 heavy (non-hydrogen) atoms. The largest absolute Gasteiger partial charge is 0.345 e. The summed E-state index contributed by atoms with van der Waals surface area (Å²) in [6.45, 7) is 0. The number of hydrogen-bond acceptors (Lipinski definition) is 4. The van der Waals surface area contributed by atoms with E-state index in [2.05, 4.69) is 10.6 Å². The molecule has 0 heterocycles. The minimum atomic E-state index is -0.752. The molecule has 1 aromatic rings. The van der Waals surface area contributed by atoms with Gasteiger partial charge >= 0.3 is 11.8 Å². The number of nitrogens with one attached hydrogen (secondary N) is 2. The Morgan fingerprint density at radius 2 is 1.59 bits per heavy atom. The van der Waals surface area contributed by atoms with Crippen LogP contribution >= 0.6 is 0 Å². The number of nitrogens with zero attached hydrogens (tertiary/aromatic N) is 1. The van der Waals surface area contributed by atoms with Gasteiger partial charge in [-0.05, 0) is 25.0 Å². The van der Waals surface area contributed by atoms with E-state index < -0.39 is 16.7 Å². The molecule has 2 rings (SSSR count). The summed E-state index contributed by atoms with van der Waals surface area (Å²) >= 11 is 0. The van der Waals surface area contributed by atoms with Crippen molar-refractivity contribution in [2.75, 3.05) is 5.32 Å². The van der Waals surface area contributed by atoms with Gasteiger partial charge in [0, 0.05) is 23.9 Å². The van der Waals surface area contributed by atoms with Gasteiger partial charge in [0.25, 0.3) is 5.69 Å². The van der Waals surface area contributed by atoms with Crippen molar-refractivity contribution in [3.05, 3.63) is 34.4 Å². The maximum absolute atomic E-state index is 11.9. The van der Waals surface area contributed by atoms with Crippen LogP contribution in [0.3, 0.4) is 0 Å². The number of nitro groups is 1. The van der Waals surface area contributed by atoms with E-state index in [4.69, 9.17) is 0 Å². The summed E-state index contributed by atoms with van der Waals surface area (Å²) in [5, 5.41) is 15.7. The number of benzene rings is 1. The molecule has 1 fully saturated rings. The fourth-order valence-electron chi connectivity index (χ4n) is 2.53. The molecule has 0 unspecified atom stereocenters. The van der Waals surface area contributed by atoms with Crippen molar-refractivity contribution in [3.8, 4) is 0 Å². The number of non-ortho nitro benzene ring substituents is 1. The summed E-state index contributed by atoms with van der Waals surface area (Å²) in [5.74, 6) is -1.41. The van der Waals surface area contributed by atoms with Crippen LogP contribution in [0.1, 0.15) is 38.5 Å². The molecule has 1 saturated carbocycles. The third-order valence-corrected chi connectivity index (χ3v) is 3.73. The Kier molecular flexibility index (Phi) is 5.46. The van der Waals surface area contributed by atoms with Crippen molar-refractivity contribution in [2.24, 2.45) is 0 Å². The van der Waals surface area contributed by atoms with E-state index >= 15 is 0 Å². The second kappa shape index (κ2) is 7.53. The van der Waals surface area contributed by atoms with Gasteiger partial charge in [-0.15, -0.1) is 0 Å². The van der Waals surface area contributed by atoms with Gasteiger partial charge in [-0.2, -0.15) is 0 Å². The molecule has 2 N–H and O–H groups in total. The molecule has 0 radical (unpaired) electrons. The Labute approximate surface area is 128 Å². The van der Waals surface area contributed by atoms with Crippen LogP contribution in [0.25, 0.3) is 0 Å². The van der Waals surface area contributed by atoms with Crippen molar-refractivity contribution in [1.29, 1.82) is 0 Å². The monoisotopic (exact) mass is 305 g/mol. The third kappa shape index (κ3) is 4.54. The SMILES string of the molecule is O=C(Nc1ccc([N+](=O)[O-])cc1)C(=O)NC1CCCCCC1. The lowest BCUT2D eigenvalue weighted by Gasteiger charge is -2.15. The topological polar surface area (TPSA) is 101 Å². The molecule has 7 heteroatoms. The zero-order chi connectivity index (χ0) is 15.9. The number of carbonyl (C=O) groups excluding carboxylic acids is 2. The zero-order valence-corrected chi connectivity index (χ0v) is 12.2. The molecule has 0 bridgehead atoms. The second-order valence-corrected chi connectivity index (χ2v) is 5.42. The van der Waals surface area contributed by atoms with Crippen molar-refractivity contribution in [1.82, 2.24) is 5.32 Å². The lowest BCUT2D eigenvalue weighted by molar-refractivity contribution is -0.384. The number of nitro benzene ring substituents is 1. The van der Waals surface area contributed by atoms with E-state index in [9.17, 15) is 19.7 Å². The zero-order valence-electron chi connectivity index (χ0n) is 12.2. The van der Waals surface area contributed by atoms with Gasteiger partial charge < -0.3 is 10.6 Å². The molecule has 1 aliphatic rings. The molecular formula is C15H19N3O4. The summed E-state index contributed by atoms with van der Waals surface area (Å²) in [4.78, 5) is 33.7. The van der Waals surface area contributed by atoms with Crippen LogP contribution in [0.5, 0.6) is 0 Å². The predicted molar refractivity (Wildman–Crippen MR) is 81.4 cm³/mol. The van der Waals surface area contributed by atoms with Gasteiger partial charge in [-0.3, -0.25) is 19.7 Å². The average Bonchev–Trinajstić information content (AvgIpc) is 2.76. The third-order valence-electron chi connectivity index (χ3n) is 3.73. The standard InChI is InChI=1S/C15H19N3O4/c19-14(16-11-5-3-1-2-4-6-11)15(20)17-12-7-9-13(10-8-12)18(21)22/h7-11H,1-6H2,(H,16,19)(H,17,20). The van der Waals surface area contributed by atoms with Gasteiger partial charge in [0.2, 0.25) is 0 Å². The van der Waals surface area contributed by atoms with E-state index in [1.54, 1.807) is 0 Å². The molecule has 0 atom stereocenters. The Hall–Kier alpha value is -2.44. The summed E-state index contributed by atoms with van der Waals surface area (Å²) in [7, 11) is 0. The lowest BCUT2D eigenvalue weighted by Crippen LogP contribution is -2.41. The highest BCUT2D eigenvalue weighted by Crippen LogP contribution is 2.17. The average molecular weight is 305 g/mol. The fraction of sp³-hybridized carbons (Fsp3) is 0.467. The first-order valence-corrected chi connectivity index (χ1v) is 7.42. The van der Waals surface area contributed by atoms with Gasteiger partial charge in [0.15, 0.2) is 0 Å². The number of rotatable bonds is 3. The molecular weight excluding hydrogens is 286 g/mol. The van der Waals surface area contributed by atoms with Crippen molar-refractivity contribution < 1.29 is 14.5 Å². The molecule has 0 saturated heterocycles. The molecule has 118 valence electrons. The minimum absolute atomic E-state index is 0.0533. The molecule has 2 amide bonds. The summed E-state index contributed by atoms with van der Waals surface area (Å²) < 4.78 is 0. The van der Waals surface area contributed by atoms with Crippen LogP contribution in [-0.2, 0) is 9.59 Å². The van der Waals surface area contributed by atoms with E-state index in [-0.39, 0.29) is 11.7 Å². The van der Waals surface area contributed by atoms with Gasteiger partial charge in [-0.25, -0.2) is 0 Å². The summed E-state index contributed by atoms with van der Waals surface area (Å²) in [5.41, 5.74) is 0.285. The molecule has 1 aromatic carbocycles. The molecule has 0 spiro atoms. The highest BCUT2D eigenvalue weighted by Gasteiger charge is 2.20. The second-order valence-electron chi connectivity index (χ2n) is 5.42. The van der Waals surface area contributed by atoms with Crippen molar-refractivity contribution in [2.45, 2.75) is 44.6 Å². The first kappa shape index (κ1) is 15.9. The van der Waals surface area contributed by atoms with Crippen molar-refractivity contribution >= 4 is 23.2 Å². The molecule has 1 aliphatic carbocycles.